The minimum absolute atomic E-state index is 0. The van der Waals surface area contributed by atoms with E-state index in [2.05, 4.69) is 85.7 Å². The SMILES string of the molecule is C[C]1[C](C)[C](C)[C](C)[C]1C.C[C]1[C](C)[C](C)[C](C)[C]1C.[CH3-].[CH3][Ga]([CH3])[CH3].[Yb]. The maximum Gasteiger partial charge on any atom is 0 e. The molecule has 0 amide bonds. The number of rotatable bonds is 0. The van der Waals surface area contributed by atoms with Gasteiger partial charge in [-0.2, -0.15) is 0 Å². The summed E-state index contributed by atoms with van der Waals surface area (Å²) in [6.45, 7) is 22.0. The van der Waals surface area contributed by atoms with Crippen LogP contribution in [-0.4, -0.2) is 16.2 Å². The Hall–Kier alpha value is 2.16. The van der Waals surface area contributed by atoms with Crippen molar-refractivity contribution in [3.8, 4) is 0 Å². The molecule has 10 radical (unpaired) electrons. The average Bonchev–Trinajstić information content (AvgIpc) is 2.78. The van der Waals surface area contributed by atoms with Crippen molar-refractivity contribution in [3.05, 3.63) is 66.6 Å². The summed E-state index contributed by atoms with van der Waals surface area (Å²) in [6.07, 6.45) is 0. The topological polar surface area (TPSA) is 0 Å². The van der Waals surface area contributed by atoms with Crippen LogP contribution in [0.4, 0.5) is 0 Å². The number of hydrogen-bond donors (Lipinski definition) is 0. The van der Waals surface area contributed by atoms with Crippen molar-refractivity contribution in [3.63, 3.8) is 0 Å². The molecular formula is C24H42GaYb-. The Bertz CT molecular complexity index is 221. The monoisotopic (exact) mass is 573 g/mol. The van der Waals surface area contributed by atoms with E-state index in [0.717, 1.165) is 0 Å². The van der Waals surface area contributed by atoms with E-state index < -0.39 is 16.2 Å². The first-order chi connectivity index (χ1) is 10.8. The smallest absolute Gasteiger partial charge is 0 e. The summed E-state index contributed by atoms with van der Waals surface area (Å²) in [4.78, 5) is 0. The van der Waals surface area contributed by atoms with Crippen LogP contribution >= 0.6 is 0 Å². The van der Waals surface area contributed by atoms with E-state index in [1.54, 1.807) is 0 Å². The van der Waals surface area contributed by atoms with E-state index >= 15 is 0 Å². The zero-order valence-electron chi connectivity index (χ0n) is 19.8. The molecule has 0 aromatic carbocycles. The third kappa shape index (κ3) is 9.31. The number of hydrogen-bond acceptors (Lipinski definition) is 0. The van der Waals surface area contributed by atoms with Crippen LogP contribution in [-0.2, 0) is 0 Å². The first kappa shape index (κ1) is 32.8. The van der Waals surface area contributed by atoms with E-state index in [0.29, 0.717) is 0 Å². The molecule has 0 saturated heterocycles. The van der Waals surface area contributed by atoms with Gasteiger partial charge in [-0.1, -0.05) is 69.2 Å². The molecule has 0 spiro atoms. The Morgan fingerprint density at radius 2 is 0.385 bits per heavy atom. The van der Waals surface area contributed by atoms with E-state index in [-0.39, 0.29) is 54.4 Å². The predicted octanol–water partition coefficient (Wildman–Crippen LogP) is 7.76. The Balaban J connectivity index is -0.000000319. The summed E-state index contributed by atoms with van der Waals surface area (Å²) in [5.74, 6) is 14.7. The summed E-state index contributed by atoms with van der Waals surface area (Å²) in [5, 5.41) is 0. The van der Waals surface area contributed by atoms with Gasteiger partial charge in [0.05, 0.1) is 0 Å². The molecule has 0 N–H and O–H groups in total. The third-order valence-electron chi connectivity index (χ3n) is 5.62. The average molecular weight is 573 g/mol. The maximum absolute atomic E-state index is 2.35. The molecule has 0 atom stereocenters. The van der Waals surface area contributed by atoms with Crippen LogP contribution in [0.2, 0.25) is 16.4 Å². The molecule has 0 heterocycles. The standard InChI is InChI=1S/2C10H15.4CH3.Ga.Yb/c2*1-6-7(2)9(4)10(5)8(6)3;;;;;;/h2*1-5H3;4*1H3;;/q;;;;;-1;;. The van der Waals surface area contributed by atoms with Crippen LogP contribution < -0.4 is 0 Å². The Morgan fingerprint density at radius 1 is 0.346 bits per heavy atom. The van der Waals surface area contributed by atoms with Gasteiger partial charge in [0, 0.05) is 46.9 Å². The maximum atomic E-state index is 2.35. The quantitative estimate of drug-likeness (QED) is 0.205. The molecule has 2 aliphatic rings. The normalized spacial score (nSPS) is 23.0. The summed E-state index contributed by atoms with van der Waals surface area (Å²) in [7, 11) is 0. The van der Waals surface area contributed by atoms with Gasteiger partial charge in [0.2, 0.25) is 0 Å². The second-order valence-corrected chi connectivity index (χ2v) is 15.2. The third-order valence-corrected chi connectivity index (χ3v) is 5.62. The van der Waals surface area contributed by atoms with Crippen molar-refractivity contribution in [1.82, 2.24) is 0 Å². The van der Waals surface area contributed by atoms with Gasteiger partial charge in [-0.15, -0.1) is 0 Å². The zero-order valence-corrected chi connectivity index (χ0v) is 24.0. The van der Waals surface area contributed by atoms with Crippen molar-refractivity contribution in [2.24, 2.45) is 0 Å². The Morgan fingerprint density at radius 3 is 0.423 bits per heavy atom. The van der Waals surface area contributed by atoms with Gasteiger partial charge < -0.3 is 7.43 Å². The van der Waals surface area contributed by atoms with Crippen LogP contribution in [0.25, 0.3) is 0 Å². The molecule has 0 nitrogen and oxygen atoms in total. The summed E-state index contributed by atoms with van der Waals surface area (Å²) < 4.78 is 0. The fourth-order valence-electron chi connectivity index (χ4n) is 2.81. The minimum atomic E-state index is -0.479. The molecule has 0 unspecified atom stereocenters. The van der Waals surface area contributed by atoms with Crippen LogP contribution in [0.3, 0.4) is 0 Å². The van der Waals surface area contributed by atoms with Gasteiger partial charge in [0.25, 0.3) is 0 Å². The van der Waals surface area contributed by atoms with Crippen LogP contribution in [0.15, 0.2) is 0 Å². The fourth-order valence-corrected chi connectivity index (χ4v) is 2.81. The zero-order chi connectivity index (χ0) is 19.4. The van der Waals surface area contributed by atoms with Crippen molar-refractivity contribution in [1.29, 1.82) is 0 Å². The van der Waals surface area contributed by atoms with Gasteiger partial charge in [-0.25, -0.2) is 0 Å². The molecule has 2 heteroatoms. The van der Waals surface area contributed by atoms with E-state index in [9.17, 15) is 0 Å². The molecule has 0 aliphatic heterocycles. The first-order valence-corrected chi connectivity index (χ1v) is 16.5. The minimum Gasteiger partial charge on any atom is 0 e. The first-order valence-electron chi connectivity index (χ1n) is 9.23. The van der Waals surface area contributed by atoms with Crippen LogP contribution in [0.5, 0.6) is 0 Å². The summed E-state index contributed by atoms with van der Waals surface area (Å²) >= 11 is -0.479. The Labute approximate surface area is 213 Å². The molecule has 156 valence electrons. The summed E-state index contributed by atoms with van der Waals surface area (Å²) in [6, 6.07) is 0. The van der Waals surface area contributed by atoms with Crippen molar-refractivity contribution < 1.29 is 46.9 Å². The molecule has 0 aromatic heterocycles. The van der Waals surface area contributed by atoms with Crippen molar-refractivity contribution in [2.75, 3.05) is 0 Å². The van der Waals surface area contributed by atoms with Gasteiger partial charge >= 0.3 is 32.7 Å². The summed E-state index contributed by atoms with van der Waals surface area (Å²) in [5.41, 5.74) is 7.06. The molecule has 2 saturated carbocycles. The molecular weight excluding hydrogens is 531 g/mol. The van der Waals surface area contributed by atoms with Gasteiger partial charge in [-0.3, -0.25) is 0 Å². The molecule has 0 aromatic rings. The van der Waals surface area contributed by atoms with Gasteiger partial charge in [-0.05, 0) is 59.2 Å². The van der Waals surface area contributed by atoms with Crippen LogP contribution in [0.1, 0.15) is 69.2 Å². The fraction of sp³-hybridized carbons (Fsp3) is 0.542. The van der Waals surface area contributed by atoms with Crippen molar-refractivity contribution >= 4 is 16.2 Å². The van der Waals surface area contributed by atoms with E-state index in [4.69, 9.17) is 0 Å². The van der Waals surface area contributed by atoms with Gasteiger partial charge in [0.1, 0.15) is 0 Å². The van der Waals surface area contributed by atoms with Crippen molar-refractivity contribution in [2.45, 2.75) is 85.7 Å². The predicted molar refractivity (Wildman–Crippen MR) is 119 cm³/mol. The molecule has 26 heavy (non-hydrogen) atoms. The van der Waals surface area contributed by atoms with E-state index in [1.807, 2.05) is 0 Å². The molecule has 0 bridgehead atoms. The van der Waals surface area contributed by atoms with Crippen LogP contribution in [0, 0.1) is 114 Å². The Kier molecular flexibility index (Phi) is 19.0. The molecule has 2 fully saturated rings. The van der Waals surface area contributed by atoms with E-state index in [1.165, 1.54) is 59.2 Å². The largest absolute Gasteiger partial charge is 0 e. The second kappa shape index (κ2) is 15.0. The second-order valence-electron chi connectivity index (χ2n) is 7.98. The molecule has 2 rings (SSSR count). The molecule has 2 aliphatic carbocycles. The van der Waals surface area contributed by atoms with Gasteiger partial charge in [0.15, 0.2) is 0 Å².